The molecule has 0 bridgehead atoms. The van der Waals surface area contributed by atoms with E-state index in [0.29, 0.717) is 11.3 Å². The minimum absolute atomic E-state index is 0.436. The molecule has 1 heteroatoms. The van der Waals surface area contributed by atoms with Gasteiger partial charge in [-0.1, -0.05) is 13.8 Å². The zero-order valence-corrected chi connectivity index (χ0v) is 8.75. The summed E-state index contributed by atoms with van der Waals surface area (Å²) in [5, 5.41) is 0. The summed E-state index contributed by atoms with van der Waals surface area (Å²) in [6, 6.07) is 0. The van der Waals surface area contributed by atoms with Crippen LogP contribution in [-0.4, -0.2) is 6.29 Å². The van der Waals surface area contributed by atoms with E-state index in [9.17, 15) is 4.79 Å². The van der Waals surface area contributed by atoms with Crippen molar-refractivity contribution in [2.24, 2.45) is 23.2 Å². The van der Waals surface area contributed by atoms with Crippen LogP contribution in [0.15, 0.2) is 0 Å². The molecule has 0 unspecified atom stereocenters. The number of aldehydes is 1. The summed E-state index contributed by atoms with van der Waals surface area (Å²) >= 11 is 0. The van der Waals surface area contributed by atoms with Crippen molar-refractivity contribution in [3.63, 3.8) is 0 Å². The fourth-order valence-corrected chi connectivity index (χ4v) is 2.78. The Hall–Kier alpha value is -0.330. The summed E-state index contributed by atoms with van der Waals surface area (Å²) in [5.74, 6) is 2.09. The Morgan fingerprint density at radius 2 is 1.85 bits per heavy atom. The highest BCUT2D eigenvalue weighted by Crippen LogP contribution is 2.51. The lowest BCUT2D eigenvalue weighted by Crippen LogP contribution is -2.22. The quantitative estimate of drug-likeness (QED) is 0.597. The molecule has 2 saturated carbocycles. The first-order valence-electron chi connectivity index (χ1n) is 5.58. The third-order valence-corrected chi connectivity index (χ3v) is 4.06. The molecule has 0 N–H and O–H groups in total. The molecule has 2 aliphatic rings. The van der Waals surface area contributed by atoms with Crippen LogP contribution < -0.4 is 0 Å². The number of rotatable bonds is 2. The molecule has 2 fully saturated rings. The predicted octanol–water partition coefficient (Wildman–Crippen LogP) is 3.04. The first-order chi connectivity index (χ1) is 6.12. The number of hydrogen-bond donors (Lipinski definition) is 0. The Morgan fingerprint density at radius 1 is 1.23 bits per heavy atom. The molecule has 0 aliphatic heterocycles. The van der Waals surface area contributed by atoms with Gasteiger partial charge in [0.2, 0.25) is 0 Å². The molecule has 2 aliphatic carbocycles. The normalized spacial score (nSPS) is 38.6. The lowest BCUT2D eigenvalue weighted by Gasteiger charge is -2.34. The van der Waals surface area contributed by atoms with E-state index in [1.165, 1.54) is 38.4 Å². The van der Waals surface area contributed by atoms with E-state index in [1.54, 1.807) is 0 Å². The van der Waals surface area contributed by atoms with Crippen molar-refractivity contribution in [1.29, 1.82) is 0 Å². The van der Waals surface area contributed by atoms with Gasteiger partial charge in [0, 0.05) is 5.92 Å². The van der Waals surface area contributed by atoms with Gasteiger partial charge < -0.3 is 4.79 Å². The summed E-state index contributed by atoms with van der Waals surface area (Å²) in [5.41, 5.74) is 0.571. The fourth-order valence-electron chi connectivity index (χ4n) is 2.78. The van der Waals surface area contributed by atoms with Gasteiger partial charge in [-0.15, -0.1) is 0 Å². The van der Waals surface area contributed by atoms with Crippen LogP contribution in [-0.2, 0) is 4.79 Å². The number of carbonyl (C=O) groups is 1. The van der Waals surface area contributed by atoms with Crippen LogP contribution in [0.2, 0.25) is 0 Å². The molecule has 0 amide bonds. The van der Waals surface area contributed by atoms with E-state index in [4.69, 9.17) is 0 Å². The lowest BCUT2D eigenvalue weighted by atomic mass is 9.71. The van der Waals surface area contributed by atoms with Crippen LogP contribution in [0.25, 0.3) is 0 Å². The number of carbonyl (C=O) groups excluding carboxylic acids is 1. The van der Waals surface area contributed by atoms with E-state index in [2.05, 4.69) is 13.8 Å². The van der Waals surface area contributed by atoms with E-state index in [1.807, 2.05) is 0 Å². The Balaban J connectivity index is 1.82. The maximum absolute atomic E-state index is 10.5. The topological polar surface area (TPSA) is 17.1 Å². The molecule has 0 aromatic heterocycles. The average Bonchev–Trinajstić information content (AvgIpc) is 2.83. The summed E-state index contributed by atoms with van der Waals surface area (Å²) in [7, 11) is 0. The van der Waals surface area contributed by atoms with Crippen molar-refractivity contribution < 1.29 is 4.79 Å². The Bertz CT molecular complexity index is 197. The molecule has 0 heterocycles. The van der Waals surface area contributed by atoms with Gasteiger partial charge >= 0.3 is 0 Å². The molecule has 0 radical (unpaired) electrons. The molecule has 1 nitrogen and oxygen atoms in total. The molecule has 0 aromatic carbocycles. The third-order valence-electron chi connectivity index (χ3n) is 4.06. The van der Waals surface area contributed by atoms with Gasteiger partial charge in [0.15, 0.2) is 0 Å². The second-order valence-electron chi connectivity index (χ2n) is 5.70. The SMILES string of the molecule is CC1(C)CCC([C@H]2C[C@H]2C=O)CC1. The molecule has 2 atom stereocenters. The van der Waals surface area contributed by atoms with Crippen LogP contribution in [0, 0.1) is 23.2 Å². The van der Waals surface area contributed by atoms with Crippen molar-refractivity contribution in [3.8, 4) is 0 Å². The Morgan fingerprint density at radius 3 is 2.31 bits per heavy atom. The lowest BCUT2D eigenvalue weighted by molar-refractivity contribution is -0.109. The van der Waals surface area contributed by atoms with Crippen molar-refractivity contribution in [3.05, 3.63) is 0 Å². The van der Waals surface area contributed by atoms with Crippen molar-refractivity contribution in [1.82, 2.24) is 0 Å². The second kappa shape index (κ2) is 3.11. The first-order valence-corrected chi connectivity index (χ1v) is 5.58. The second-order valence-corrected chi connectivity index (χ2v) is 5.70. The van der Waals surface area contributed by atoms with Gasteiger partial charge in [-0.2, -0.15) is 0 Å². The Kier molecular flexibility index (Phi) is 2.21. The van der Waals surface area contributed by atoms with Gasteiger partial charge in [0.1, 0.15) is 6.29 Å². The van der Waals surface area contributed by atoms with Gasteiger partial charge in [-0.3, -0.25) is 0 Å². The highest BCUT2D eigenvalue weighted by atomic mass is 16.1. The molecule has 0 spiro atoms. The third kappa shape index (κ3) is 1.95. The highest BCUT2D eigenvalue weighted by Gasteiger charge is 2.44. The minimum Gasteiger partial charge on any atom is -0.303 e. The average molecular weight is 180 g/mol. The summed E-state index contributed by atoms with van der Waals surface area (Å²) in [6.45, 7) is 4.74. The first kappa shape index (κ1) is 9.23. The smallest absolute Gasteiger partial charge is 0.123 e. The summed E-state index contributed by atoms with van der Waals surface area (Å²) in [4.78, 5) is 10.5. The molecule has 13 heavy (non-hydrogen) atoms. The van der Waals surface area contributed by atoms with Gasteiger partial charge in [0.25, 0.3) is 0 Å². The predicted molar refractivity (Wildman–Crippen MR) is 53.4 cm³/mol. The van der Waals surface area contributed by atoms with Crippen LogP contribution in [0.5, 0.6) is 0 Å². The maximum Gasteiger partial charge on any atom is 0.123 e. The zero-order chi connectivity index (χ0) is 9.47. The van der Waals surface area contributed by atoms with E-state index in [0.717, 1.165) is 11.8 Å². The molecule has 0 saturated heterocycles. The van der Waals surface area contributed by atoms with Crippen LogP contribution >= 0.6 is 0 Å². The van der Waals surface area contributed by atoms with Crippen molar-refractivity contribution >= 4 is 6.29 Å². The molecule has 0 aromatic rings. The van der Waals surface area contributed by atoms with E-state index in [-0.39, 0.29) is 0 Å². The maximum atomic E-state index is 10.5. The summed E-state index contributed by atoms with van der Waals surface area (Å²) < 4.78 is 0. The summed E-state index contributed by atoms with van der Waals surface area (Å²) in [6.07, 6.45) is 7.81. The number of hydrogen-bond acceptors (Lipinski definition) is 1. The van der Waals surface area contributed by atoms with E-state index < -0.39 is 0 Å². The largest absolute Gasteiger partial charge is 0.303 e. The molecular formula is C12H20O. The monoisotopic (exact) mass is 180 g/mol. The zero-order valence-electron chi connectivity index (χ0n) is 8.75. The fraction of sp³-hybridized carbons (Fsp3) is 0.917. The Labute approximate surface area is 80.9 Å². The highest BCUT2D eigenvalue weighted by molar-refractivity contribution is 5.58. The van der Waals surface area contributed by atoms with E-state index >= 15 is 0 Å². The standard InChI is InChI=1S/C12H20O/c1-12(2)5-3-9(4-6-12)11-7-10(11)8-13/h8-11H,3-7H2,1-2H3/t10-,11+/m0/s1. The van der Waals surface area contributed by atoms with Gasteiger partial charge in [-0.05, 0) is 49.4 Å². The van der Waals surface area contributed by atoms with Crippen LogP contribution in [0.3, 0.4) is 0 Å². The van der Waals surface area contributed by atoms with Crippen molar-refractivity contribution in [2.45, 2.75) is 46.0 Å². The van der Waals surface area contributed by atoms with Gasteiger partial charge in [-0.25, -0.2) is 0 Å². The molecule has 74 valence electrons. The molecular weight excluding hydrogens is 160 g/mol. The minimum atomic E-state index is 0.436. The van der Waals surface area contributed by atoms with Crippen LogP contribution in [0.1, 0.15) is 46.0 Å². The van der Waals surface area contributed by atoms with Gasteiger partial charge in [0.05, 0.1) is 0 Å². The molecule has 2 rings (SSSR count). The van der Waals surface area contributed by atoms with Crippen molar-refractivity contribution in [2.75, 3.05) is 0 Å². The van der Waals surface area contributed by atoms with Crippen LogP contribution in [0.4, 0.5) is 0 Å².